The Hall–Kier alpha value is -2.69. The fourth-order valence-corrected chi connectivity index (χ4v) is 2.55. The molecule has 0 radical (unpaired) electrons. The molecule has 1 aromatic carbocycles. The first-order valence-electron chi connectivity index (χ1n) is 6.66. The molecule has 106 valence electrons. The van der Waals surface area contributed by atoms with Crippen LogP contribution in [0.15, 0.2) is 35.0 Å². The van der Waals surface area contributed by atoms with Gasteiger partial charge in [0, 0.05) is 24.1 Å². The molecule has 0 aliphatic heterocycles. The fraction of sp³-hybridized carbons (Fsp3) is 0.188. The van der Waals surface area contributed by atoms with Gasteiger partial charge in [-0.15, -0.1) is 0 Å². The maximum absolute atomic E-state index is 11.3. The summed E-state index contributed by atoms with van der Waals surface area (Å²) in [6.07, 6.45) is 1.71. The molecule has 5 heteroatoms. The van der Waals surface area contributed by atoms with Crippen LogP contribution in [0, 0.1) is 13.8 Å². The van der Waals surface area contributed by atoms with Crippen LogP contribution in [0.2, 0.25) is 0 Å². The molecule has 0 aliphatic carbocycles. The minimum absolute atomic E-state index is 0.118. The van der Waals surface area contributed by atoms with E-state index in [1.54, 1.807) is 6.20 Å². The van der Waals surface area contributed by atoms with Crippen molar-refractivity contribution in [2.24, 2.45) is 0 Å². The quantitative estimate of drug-likeness (QED) is 0.781. The number of hydrogen-bond donors (Lipinski definition) is 1. The normalized spacial score (nSPS) is 10.8. The minimum atomic E-state index is -0.118. The predicted molar refractivity (Wildman–Crippen MR) is 81.0 cm³/mol. The third kappa shape index (κ3) is 2.27. The van der Waals surface area contributed by atoms with Crippen molar-refractivity contribution in [3.8, 4) is 11.1 Å². The van der Waals surface area contributed by atoms with E-state index >= 15 is 0 Å². The van der Waals surface area contributed by atoms with Crippen molar-refractivity contribution >= 4 is 22.5 Å². The van der Waals surface area contributed by atoms with Gasteiger partial charge in [-0.3, -0.25) is 9.78 Å². The number of nitrogens with zero attached hydrogens (tertiary/aromatic N) is 2. The zero-order chi connectivity index (χ0) is 15.0. The molecular formula is C16H15N3O2. The van der Waals surface area contributed by atoms with Crippen LogP contribution < -0.4 is 5.32 Å². The Kier molecular flexibility index (Phi) is 3.17. The topological polar surface area (TPSA) is 68.0 Å². The lowest BCUT2D eigenvalue weighted by molar-refractivity contribution is -0.114. The molecule has 0 bridgehead atoms. The molecule has 1 N–H and O–H groups in total. The van der Waals surface area contributed by atoms with Crippen molar-refractivity contribution in [3.63, 3.8) is 0 Å². The SMILES string of the molecule is CC(=O)Nc1ccc(-c2c(C)noc2C)c2cccnc12. The van der Waals surface area contributed by atoms with Gasteiger partial charge >= 0.3 is 0 Å². The molecule has 1 amide bonds. The van der Waals surface area contributed by atoms with E-state index in [0.717, 1.165) is 33.5 Å². The average molecular weight is 281 g/mol. The number of fused-ring (bicyclic) bond motifs is 1. The minimum Gasteiger partial charge on any atom is -0.361 e. The lowest BCUT2D eigenvalue weighted by Gasteiger charge is -2.10. The Morgan fingerprint density at radius 2 is 2.05 bits per heavy atom. The zero-order valence-corrected chi connectivity index (χ0v) is 12.1. The lowest BCUT2D eigenvalue weighted by atomic mass is 9.98. The summed E-state index contributed by atoms with van der Waals surface area (Å²) in [6.45, 7) is 5.28. The summed E-state index contributed by atoms with van der Waals surface area (Å²) in [4.78, 5) is 15.7. The second-order valence-corrected chi connectivity index (χ2v) is 4.94. The monoisotopic (exact) mass is 281 g/mol. The third-order valence-electron chi connectivity index (χ3n) is 3.38. The molecule has 0 unspecified atom stereocenters. The molecule has 5 nitrogen and oxygen atoms in total. The van der Waals surface area contributed by atoms with Crippen molar-refractivity contribution in [1.82, 2.24) is 10.1 Å². The van der Waals surface area contributed by atoms with Gasteiger partial charge in [0.15, 0.2) is 0 Å². The molecule has 0 saturated carbocycles. The van der Waals surface area contributed by atoms with E-state index in [-0.39, 0.29) is 5.91 Å². The Balaban J connectivity index is 2.29. The number of anilines is 1. The van der Waals surface area contributed by atoms with E-state index < -0.39 is 0 Å². The smallest absolute Gasteiger partial charge is 0.221 e. The van der Waals surface area contributed by atoms with Gasteiger partial charge in [0.05, 0.1) is 16.9 Å². The Labute approximate surface area is 122 Å². The van der Waals surface area contributed by atoms with E-state index in [4.69, 9.17) is 4.52 Å². The number of nitrogens with one attached hydrogen (secondary N) is 1. The molecule has 0 aliphatic rings. The Morgan fingerprint density at radius 1 is 1.24 bits per heavy atom. The van der Waals surface area contributed by atoms with Gasteiger partial charge in [0.1, 0.15) is 5.76 Å². The lowest BCUT2D eigenvalue weighted by Crippen LogP contribution is -2.06. The van der Waals surface area contributed by atoms with Crippen LogP contribution in [0.25, 0.3) is 22.0 Å². The van der Waals surface area contributed by atoms with E-state index in [1.807, 2.05) is 38.1 Å². The number of carbonyl (C=O) groups excluding carboxylic acids is 1. The number of aryl methyl sites for hydroxylation is 2. The molecule has 2 aromatic heterocycles. The molecule has 0 saturated heterocycles. The summed E-state index contributed by atoms with van der Waals surface area (Å²) >= 11 is 0. The molecule has 3 rings (SSSR count). The maximum atomic E-state index is 11.3. The van der Waals surface area contributed by atoms with E-state index in [2.05, 4.69) is 15.5 Å². The number of rotatable bonds is 2. The number of amides is 1. The molecule has 0 spiro atoms. The number of hydrogen-bond acceptors (Lipinski definition) is 4. The van der Waals surface area contributed by atoms with Gasteiger partial charge in [-0.1, -0.05) is 17.3 Å². The van der Waals surface area contributed by atoms with Crippen molar-refractivity contribution < 1.29 is 9.32 Å². The van der Waals surface area contributed by atoms with E-state index in [9.17, 15) is 4.79 Å². The van der Waals surface area contributed by atoms with Crippen LogP contribution in [0.4, 0.5) is 5.69 Å². The average Bonchev–Trinajstić information content (AvgIpc) is 2.79. The highest BCUT2D eigenvalue weighted by Gasteiger charge is 2.16. The summed E-state index contributed by atoms with van der Waals surface area (Å²) in [5, 5.41) is 7.77. The summed E-state index contributed by atoms with van der Waals surface area (Å²) in [5.74, 6) is 0.650. The van der Waals surface area contributed by atoms with Crippen LogP contribution in [0.5, 0.6) is 0 Å². The predicted octanol–water partition coefficient (Wildman–Crippen LogP) is 3.47. The first-order chi connectivity index (χ1) is 10.1. The molecule has 0 atom stereocenters. The maximum Gasteiger partial charge on any atom is 0.221 e. The van der Waals surface area contributed by atoms with Gasteiger partial charge < -0.3 is 9.84 Å². The number of aromatic nitrogens is 2. The van der Waals surface area contributed by atoms with E-state index in [0.29, 0.717) is 5.69 Å². The summed E-state index contributed by atoms with van der Waals surface area (Å²) in [5.41, 5.74) is 4.27. The molecule has 2 heterocycles. The molecule has 3 aromatic rings. The van der Waals surface area contributed by atoms with Crippen LogP contribution in [0.1, 0.15) is 18.4 Å². The van der Waals surface area contributed by atoms with Gasteiger partial charge in [0.2, 0.25) is 5.91 Å². The number of pyridine rings is 1. The highest BCUT2D eigenvalue weighted by atomic mass is 16.5. The van der Waals surface area contributed by atoms with Crippen molar-refractivity contribution in [3.05, 3.63) is 41.9 Å². The zero-order valence-electron chi connectivity index (χ0n) is 12.1. The molecule has 0 fully saturated rings. The number of benzene rings is 1. The second kappa shape index (κ2) is 5.01. The standard InChI is InChI=1S/C16H15N3O2/c1-9-15(10(2)21-19-9)12-6-7-14(18-11(3)20)16-13(12)5-4-8-17-16/h4-8H,1-3H3,(H,18,20). The van der Waals surface area contributed by atoms with Crippen LogP contribution >= 0.6 is 0 Å². The summed E-state index contributed by atoms with van der Waals surface area (Å²) in [7, 11) is 0. The van der Waals surface area contributed by atoms with Crippen LogP contribution in [-0.4, -0.2) is 16.0 Å². The van der Waals surface area contributed by atoms with Gasteiger partial charge in [-0.05, 0) is 31.5 Å². The van der Waals surface area contributed by atoms with Crippen molar-refractivity contribution in [2.45, 2.75) is 20.8 Å². The molecular weight excluding hydrogens is 266 g/mol. The van der Waals surface area contributed by atoms with Gasteiger partial charge in [-0.25, -0.2) is 0 Å². The van der Waals surface area contributed by atoms with Crippen molar-refractivity contribution in [2.75, 3.05) is 5.32 Å². The Morgan fingerprint density at radius 3 is 2.71 bits per heavy atom. The summed E-state index contributed by atoms with van der Waals surface area (Å²) < 4.78 is 5.25. The highest BCUT2D eigenvalue weighted by Crippen LogP contribution is 2.35. The fourth-order valence-electron chi connectivity index (χ4n) is 2.55. The van der Waals surface area contributed by atoms with Crippen LogP contribution in [0.3, 0.4) is 0 Å². The first-order valence-corrected chi connectivity index (χ1v) is 6.66. The first kappa shape index (κ1) is 13.3. The van der Waals surface area contributed by atoms with Gasteiger partial charge in [0.25, 0.3) is 0 Å². The van der Waals surface area contributed by atoms with Gasteiger partial charge in [-0.2, -0.15) is 0 Å². The van der Waals surface area contributed by atoms with E-state index in [1.165, 1.54) is 6.92 Å². The third-order valence-corrected chi connectivity index (χ3v) is 3.38. The van der Waals surface area contributed by atoms with Crippen LogP contribution in [-0.2, 0) is 4.79 Å². The second-order valence-electron chi connectivity index (χ2n) is 4.94. The molecule has 21 heavy (non-hydrogen) atoms. The van der Waals surface area contributed by atoms with Crippen molar-refractivity contribution in [1.29, 1.82) is 0 Å². The number of carbonyl (C=O) groups is 1. The summed E-state index contributed by atoms with van der Waals surface area (Å²) in [6, 6.07) is 7.68. The Bertz CT molecular complexity index is 817. The largest absolute Gasteiger partial charge is 0.361 e. The highest BCUT2D eigenvalue weighted by molar-refractivity contribution is 6.05.